The largest absolute Gasteiger partial charge is 0.478 e. The lowest BCUT2D eigenvalue weighted by Gasteiger charge is -2.05. The van der Waals surface area contributed by atoms with Crippen molar-refractivity contribution >= 4 is 28.5 Å². The Labute approximate surface area is 138 Å². The average Bonchev–Trinajstić information content (AvgIpc) is 3.12. The molecule has 1 aliphatic heterocycles. The second-order valence-electron chi connectivity index (χ2n) is 5.35. The number of carboxylic acid groups (broad SMARTS) is 1. The SMILES string of the molecule is O=C(O)C1Cc2c(c(Cl)cc3c(-c4ccc(F)cc4F)noc23)O1. The van der Waals surface area contributed by atoms with Crippen LogP contribution in [0.1, 0.15) is 5.56 Å². The fraction of sp³-hybridized carbons (Fsp3) is 0.125. The summed E-state index contributed by atoms with van der Waals surface area (Å²) in [7, 11) is 0. The van der Waals surface area contributed by atoms with Crippen molar-refractivity contribution in [3.05, 3.63) is 46.5 Å². The second-order valence-corrected chi connectivity index (χ2v) is 5.75. The molecular formula is C16H8ClF2NO4. The molecule has 2 heterocycles. The normalized spacial score (nSPS) is 16.2. The van der Waals surface area contributed by atoms with Gasteiger partial charge in [-0.3, -0.25) is 0 Å². The summed E-state index contributed by atoms with van der Waals surface area (Å²) in [4.78, 5) is 11.1. The molecule has 0 bridgehead atoms. The number of rotatable bonds is 2. The van der Waals surface area contributed by atoms with E-state index in [0.29, 0.717) is 10.9 Å². The minimum Gasteiger partial charge on any atom is -0.478 e. The molecule has 1 N–H and O–H groups in total. The van der Waals surface area contributed by atoms with Crippen LogP contribution in [0.5, 0.6) is 5.75 Å². The van der Waals surface area contributed by atoms with Crippen LogP contribution < -0.4 is 4.74 Å². The number of carboxylic acids is 1. The van der Waals surface area contributed by atoms with Crippen LogP contribution >= 0.6 is 11.6 Å². The van der Waals surface area contributed by atoms with Crippen LogP contribution in [0, 0.1) is 11.6 Å². The fourth-order valence-corrected chi connectivity index (χ4v) is 3.05. The molecule has 1 aromatic heterocycles. The standard InChI is InChI=1S/C16H8ClF2NO4/c17-10-4-8-13(7-2-1-6(18)3-11(7)19)20-24-14(8)9-5-12(16(21)22)23-15(9)10/h1-4,12H,5H2,(H,21,22). The van der Waals surface area contributed by atoms with Crippen molar-refractivity contribution in [2.24, 2.45) is 0 Å². The first-order valence-electron chi connectivity index (χ1n) is 6.91. The Morgan fingerprint density at radius 3 is 2.83 bits per heavy atom. The second kappa shape index (κ2) is 5.17. The van der Waals surface area contributed by atoms with Gasteiger partial charge in [-0.25, -0.2) is 13.6 Å². The third-order valence-corrected chi connectivity index (χ3v) is 4.16. The summed E-state index contributed by atoms with van der Waals surface area (Å²) in [6.07, 6.45) is -1.01. The van der Waals surface area contributed by atoms with E-state index in [9.17, 15) is 13.6 Å². The fourth-order valence-electron chi connectivity index (χ4n) is 2.78. The number of aromatic nitrogens is 1. The van der Waals surface area contributed by atoms with Crippen LogP contribution in [-0.4, -0.2) is 22.3 Å². The van der Waals surface area contributed by atoms with Crippen molar-refractivity contribution in [2.45, 2.75) is 12.5 Å². The Morgan fingerprint density at radius 1 is 1.33 bits per heavy atom. The van der Waals surface area contributed by atoms with E-state index in [1.165, 1.54) is 12.1 Å². The van der Waals surface area contributed by atoms with E-state index in [4.69, 9.17) is 26.0 Å². The van der Waals surface area contributed by atoms with Crippen molar-refractivity contribution in [1.82, 2.24) is 5.16 Å². The van der Waals surface area contributed by atoms with Gasteiger partial charge >= 0.3 is 5.97 Å². The number of halogens is 3. The van der Waals surface area contributed by atoms with Gasteiger partial charge in [0.25, 0.3) is 0 Å². The van der Waals surface area contributed by atoms with Crippen LogP contribution in [0.25, 0.3) is 22.2 Å². The molecule has 1 atom stereocenters. The van der Waals surface area contributed by atoms with E-state index < -0.39 is 23.7 Å². The Balaban J connectivity index is 1.92. The molecule has 0 radical (unpaired) electrons. The van der Waals surface area contributed by atoms with E-state index in [0.717, 1.165) is 12.1 Å². The predicted octanol–water partition coefficient (Wildman–Crippen LogP) is 3.81. The third-order valence-electron chi connectivity index (χ3n) is 3.88. The number of ether oxygens (including phenoxy) is 1. The van der Waals surface area contributed by atoms with Crippen LogP contribution in [-0.2, 0) is 11.2 Å². The Hall–Kier alpha value is -2.67. The quantitative estimate of drug-likeness (QED) is 0.760. The molecule has 122 valence electrons. The van der Waals surface area contributed by atoms with Crippen molar-refractivity contribution < 1.29 is 27.9 Å². The van der Waals surface area contributed by atoms with Gasteiger partial charge < -0.3 is 14.4 Å². The van der Waals surface area contributed by atoms with Gasteiger partial charge in [0.15, 0.2) is 11.7 Å². The Bertz CT molecular complexity index is 1000. The van der Waals surface area contributed by atoms with Gasteiger partial charge in [0.1, 0.15) is 23.1 Å². The summed E-state index contributed by atoms with van der Waals surface area (Å²) in [5.74, 6) is -2.40. The van der Waals surface area contributed by atoms with Crippen molar-refractivity contribution in [3.63, 3.8) is 0 Å². The first-order chi connectivity index (χ1) is 11.5. The molecule has 0 amide bonds. The molecule has 0 spiro atoms. The molecule has 1 aliphatic rings. The number of aliphatic carboxylic acids is 1. The Morgan fingerprint density at radius 2 is 2.12 bits per heavy atom. The molecule has 5 nitrogen and oxygen atoms in total. The number of hydrogen-bond donors (Lipinski definition) is 1. The third kappa shape index (κ3) is 2.12. The minimum absolute atomic E-state index is 0.0554. The van der Waals surface area contributed by atoms with Gasteiger partial charge in [0, 0.05) is 23.6 Å². The zero-order valence-corrected chi connectivity index (χ0v) is 12.6. The molecule has 8 heteroatoms. The summed E-state index contributed by atoms with van der Waals surface area (Å²) in [6.45, 7) is 0. The van der Waals surface area contributed by atoms with E-state index >= 15 is 0 Å². The average molecular weight is 352 g/mol. The predicted molar refractivity (Wildman–Crippen MR) is 80.1 cm³/mol. The number of carbonyl (C=O) groups is 1. The van der Waals surface area contributed by atoms with Gasteiger partial charge in [0.2, 0.25) is 0 Å². The van der Waals surface area contributed by atoms with Gasteiger partial charge in [-0.2, -0.15) is 0 Å². The number of hydrogen-bond acceptors (Lipinski definition) is 4. The monoisotopic (exact) mass is 351 g/mol. The molecule has 0 saturated heterocycles. The zero-order valence-electron chi connectivity index (χ0n) is 11.8. The molecule has 4 rings (SSSR count). The van der Waals surface area contributed by atoms with Gasteiger partial charge in [-0.05, 0) is 18.2 Å². The maximum Gasteiger partial charge on any atom is 0.345 e. The first-order valence-corrected chi connectivity index (χ1v) is 7.29. The highest BCUT2D eigenvalue weighted by Crippen LogP contribution is 2.44. The summed E-state index contributed by atoms with van der Waals surface area (Å²) in [6, 6.07) is 4.57. The summed E-state index contributed by atoms with van der Waals surface area (Å²) in [5, 5.41) is 13.5. The molecule has 2 aromatic carbocycles. The van der Waals surface area contributed by atoms with E-state index in [2.05, 4.69) is 5.16 Å². The van der Waals surface area contributed by atoms with E-state index in [-0.39, 0.29) is 34.0 Å². The lowest BCUT2D eigenvalue weighted by atomic mass is 10.0. The molecule has 1 unspecified atom stereocenters. The van der Waals surface area contributed by atoms with Crippen LogP contribution in [0.3, 0.4) is 0 Å². The molecule has 3 aromatic rings. The van der Waals surface area contributed by atoms with Crippen LogP contribution in [0.2, 0.25) is 5.02 Å². The molecular weight excluding hydrogens is 344 g/mol. The number of benzene rings is 2. The Kier molecular flexibility index (Phi) is 3.21. The first kappa shape index (κ1) is 14.9. The van der Waals surface area contributed by atoms with Gasteiger partial charge in [-0.15, -0.1) is 0 Å². The van der Waals surface area contributed by atoms with E-state index in [1.54, 1.807) is 0 Å². The van der Waals surface area contributed by atoms with Gasteiger partial charge in [-0.1, -0.05) is 16.8 Å². The van der Waals surface area contributed by atoms with Crippen molar-refractivity contribution in [3.8, 4) is 17.0 Å². The number of fused-ring (bicyclic) bond motifs is 3. The lowest BCUT2D eigenvalue weighted by molar-refractivity contribution is -0.144. The maximum absolute atomic E-state index is 14.0. The molecule has 0 saturated carbocycles. The molecule has 0 fully saturated rings. The minimum atomic E-state index is -1.13. The highest BCUT2D eigenvalue weighted by Gasteiger charge is 2.34. The van der Waals surface area contributed by atoms with E-state index in [1.807, 2.05) is 0 Å². The smallest absolute Gasteiger partial charge is 0.345 e. The number of nitrogens with zero attached hydrogens (tertiary/aromatic N) is 1. The summed E-state index contributed by atoms with van der Waals surface area (Å²) in [5.41, 5.74) is 0.953. The highest BCUT2D eigenvalue weighted by molar-refractivity contribution is 6.33. The molecule has 0 aliphatic carbocycles. The summed E-state index contributed by atoms with van der Waals surface area (Å²) >= 11 is 6.16. The lowest BCUT2D eigenvalue weighted by Crippen LogP contribution is -2.24. The van der Waals surface area contributed by atoms with Crippen molar-refractivity contribution in [2.75, 3.05) is 0 Å². The highest BCUT2D eigenvalue weighted by atomic mass is 35.5. The van der Waals surface area contributed by atoms with Crippen LogP contribution in [0.15, 0.2) is 28.8 Å². The maximum atomic E-state index is 14.0. The van der Waals surface area contributed by atoms with Gasteiger partial charge in [0.05, 0.1) is 10.4 Å². The molecule has 24 heavy (non-hydrogen) atoms. The van der Waals surface area contributed by atoms with Crippen molar-refractivity contribution in [1.29, 1.82) is 0 Å². The van der Waals surface area contributed by atoms with Crippen LogP contribution in [0.4, 0.5) is 8.78 Å². The zero-order chi connectivity index (χ0) is 17.0. The topological polar surface area (TPSA) is 72.6 Å². The summed E-state index contributed by atoms with van der Waals surface area (Å²) < 4.78 is 37.7.